The molecule has 3 saturated heterocycles. The average molecular weight is 913 g/mol. The van der Waals surface area contributed by atoms with E-state index in [1.54, 1.807) is 0 Å². The van der Waals surface area contributed by atoms with E-state index < -0.39 is 111 Å². The Labute approximate surface area is 376 Å². The van der Waals surface area contributed by atoms with E-state index >= 15 is 0 Å². The standard InChI is InChI=1S/C47H76O17/c1-21-10-15-47(42(58)64-41-37(57)34(54)38(26(19-49)61-41)63-40-36(56)33(53)32(52)25(18-48)60-40)17-16-45(6)23(30(47)22(21)2)8-9-28-44(5)13-12-29(43(3,4)27(44)11-14-46(28,45)7)62-39-35(55)31(51)24(50)20-59-39/h8,21-22,24-41,48-57H,9-20H2,1-7H3/t21-,22+,24+,25-,26-,27+,28-,29+,30?,31+,32-,33+,34-,35-,36-,37-,38-,39+,40+,41+,44+,45-,46-,47+/m1/s1. The van der Waals surface area contributed by atoms with Crippen molar-refractivity contribution in [3.63, 3.8) is 0 Å². The van der Waals surface area contributed by atoms with E-state index in [4.69, 9.17) is 28.4 Å². The van der Waals surface area contributed by atoms with Crippen LogP contribution in [0.4, 0.5) is 0 Å². The van der Waals surface area contributed by atoms with Gasteiger partial charge in [-0.2, -0.15) is 0 Å². The molecule has 8 rings (SSSR count). The number of ether oxygens (including phenoxy) is 6. The normalized spacial score (nSPS) is 54.9. The van der Waals surface area contributed by atoms with Gasteiger partial charge in [-0.1, -0.05) is 60.1 Å². The Morgan fingerprint density at radius 1 is 0.688 bits per heavy atom. The minimum atomic E-state index is -1.83. The molecule has 4 saturated carbocycles. The zero-order valence-electron chi connectivity index (χ0n) is 38.4. The molecule has 366 valence electrons. The van der Waals surface area contributed by atoms with Crippen molar-refractivity contribution in [2.24, 2.45) is 56.7 Å². The number of hydrogen-bond donors (Lipinski definition) is 10. The number of carbonyl (C=O) groups excluding carboxylic acids is 1. The van der Waals surface area contributed by atoms with Gasteiger partial charge in [0.25, 0.3) is 0 Å². The van der Waals surface area contributed by atoms with Crippen molar-refractivity contribution < 1.29 is 84.3 Å². The van der Waals surface area contributed by atoms with Gasteiger partial charge in [-0.15, -0.1) is 0 Å². The van der Waals surface area contributed by atoms with Gasteiger partial charge in [-0.3, -0.25) is 4.79 Å². The summed E-state index contributed by atoms with van der Waals surface area (Å²) >= 11 is 0. The van der Waals surface area contributed by atoms with Crippen molar-refractivity contribution in [1.29, 1.82) is 0 Å². The highest BCUT2D eigenvalue weighted by Gasteiger charge is 2.70. The first-order chi connectivity index (χ1) is 30.0. The van der Waals surface area contributed by atoms with Crippen LogP contribution in [0, 0.1) is 56.7 Å². The molecule has 3 aliphatic heterocycles. The van der Waals surface area contributed by atoms with E-state index in [-0.39, 0.29) is 46.2 Å². The molecule has 0 amide bonds. The second-order valence-electron chi connectivity index (χ2n) is 22.4. The molecule has 24 atom stereocenters. The molecule has 64 heavy (non-hydrogen) atoms. The van der Waals surface area contributed by atoms with Crippen LogP contribution in [0.1, 0.15) is 106 Å². The number of rotatable bonds is 8. The maximum atomic E-state index is 15.0. The van der Waals surface area contributed by atoms with Crippen LogP contribution >= 0.6 is 0 Å². The van der Waals surface area contributed by atoms with E-state index in [0.717, 1.165) is 44.9 Å². The van der Waals surface area contributed by atoms with Crippen LogP contribution in [0.2, 0.25) is 0 Å². The van der Waals surface area contributed by atoms with Crippen molar-refractivity contribution in [1.82, 2.24) is 0 Å². The fraction of sp³-hybridized carbons (Fsp3) is 0.936. The van der Waals surface area contributed by atoms with Gasteiger partial charge in [-0.05, 0) is 109 Å². The van der Waals surface area contributed by atoms with Gasteiger partial charge in [0.15, 0.2) is 12.6 Å². The summed E-state index contributed by atoms with van der Waals surface area (Å²) in [7, 11) is 0. The van der Waals surface area contributed by atoms with Gasteiger partial charge in [-0.25, -0.2) is 0 Å². The lowest BCUT2D eigenvalue weighted by molar-refractivity contribution is -0.356. The van der Waals surface area contributed by atoms with Crippen LogP contribution in [-0.2, 0) is 33.2 Å². The smallest absolute Gasteiger partial charge is 0.315 e. The molecule has 17 heteroatoms. The number of allylic oxidation sites excluding steroid dienone is 2. The van der Waals surface area contributed by atoms with E-state index in [9.17, 15) is 55.9 Å². The molecule has 10 N–H and O–H groups in total. The Hall–Kier alpha value is -1.39. The molecule has 3 heterocycles. The van der Waals surface area contributed by atoms with E-state index in [2.05, 4.69) is 54.5 Å². The first kappa shape index (κ1) is 49.0. The predicted molar refractivity (Wildman–Crippen MR) is 224 cm³/mol. The topological polar surface area (TPSA) is 275 Å². The lowest BCUT2D eigenvalue weighted by atomic mass is 9.33. The zero-order valence-corrected chi connectivity index (χ0v) is 38.4. The largest absolute Gasteiger partial charge is 0.432 e. The fourth-order valence-corrected chi connectivity index (χ4v) is 15.0. The minimum absolute atomic E-state index is 0.0506. The summed E-state index contributed by atoms with van der Waals surface area (Å²) in [6, 6.07) is 0. The van der Waals surface area contributed by atoms with Gasteiger partial charge in [0.2, 0.25) is 6.29 Å². The molecule has 0 aromatic rings. The first-order valence-electron chi connectivity index (χ1n) is 23.8. The van der Waals surface area contributed by atoms with Gasteiger partial charge in [0, 0.05) is 0 Å². The Morgan fingerprint density at radius 3 is 2.03 bits per heavy atom. The lowest BCUT2D eigenvalue weighted by Crippen LogP contribution is -2.66. The van der Waals surface area contributed by atoms with Crippen LogP contribution < -0.4 is 0 Å². The number of aliphatic hydroxyl groups is 10. The minimum Gasteiger partial charge on any atom is -0.432 e. The highest BCUT2D eigenvalue weighted by atomic mass is 16.8. The number of carbonyl (C=O) groups is 1. The quantitative estimate of drug-likeness (QED) is 0.0909. The van der Waals surface area contributed by atoms with E-state index in [0.29, 0.717) is 30.6 Å². The van der Waals surface area contributed by atoms with Crippen molar-refractivity contribution in [2.75, 3.05) is 19.8 Å². The van der Waals surface area contributed by atoms with Crippen molar-refractivity contribution in [3.8, 4) is 0 Å². The van der Waals surface area contributed by atoms with Crippen LogP contribution in [0.5, 0.6) is 0 Å². The van der Waals surface area contributed by atoms with Gasteiger partial charge >= 0.3 is 5.97 Å². The van der Waals surface area contributed by atoms with Gasteiger partial charge in [0.1, 0.15) is 67.1 Å². The lowest BCUT2D eigenvalue weighted by Gasteiger charge is -2.71. The van der Waals surface area contributed by atoms with Gasteiger partial charge < -0.3 is 79.5 Å². The van der Waals surface area contributed by atoms with Crippen LogP contribution in [0.25, 0.3) is 0 Å². The summed E-state index contributed by atoms with van der Waals surface area (Å²) in [6.45, 7) is 14.7. The van der Waals surface area contributed by atoms with Crippen LogP contribution in [0.3, 0.4) is 0 Å². The summed E-state index contributed by atoms with van der Waals surface area (Å²) in [4.78, 5) is 15.0. The Bertz CT molecular complexity index is 1730. The van der Waals surface area contributed by atoms with Crippen molar-refractivity contribution >= 4 is 5.97 Å². The predicted octanol–water partition coefficient (Wildman–Crippen LogP) is 0.636. The molecule has 5 aliphatic carbocycles. The molecule has 0 aromatic heterocycles. The number of aliphatic hydroxyl groups excluding tert-OH is 10. The second-order valence-corrected chi connectivity index (χ2v) is 22.4. The Kier molecular flexibility index (Phi) is 13.4. The third-order valence-electron chi connectivity index (χ3n) is 19.3. The highest BCUT2D eigenvalue weighted by Crippen LogP contribution is 2.76. The first-order valence-corrected chi connectivity index (χ1v) is 23.8. The second kappa shape index (κ2) is 17.5. The Balaban J connectivity index is 1.02. The molecule has 0 bridgehead atoms. The van der Waals surface area contributed by atoms with Crippen molar-refractivity contribution in [3.05, 3.63) is 11.6 Å². The van der Waals surface area contributed by atoms with E-state index in [1.165, 1.54) is 5.57 Å². The zero-order chi connectivity index (χ0) is 46.6. The maximum Gasteiger partial charge on any atom is 0.315 e. The van der Waals surface area contributed by atoms with Crippen LogP contribution in [-0.4, -0.2) is 169 Å². The SMILES string of the molecule is C[C@@H]1CC[C@]2(C(=O)O[C@@H]3O[C@H](CO)[C@@H](O[C@@H]4O[C@H](CO)[C@@H](O)[C@H](O)[C@H]4O)[C@H](O)[C@H]3O)CC[C@]3(C)C(=CC[C@@H]4[C@@]5(C)CC[C@H](O[C@@H]6OC[C@H](O)[C@H](O)[C@H]6O)C(C)(C)[C@@H]5CC[C@]43C)C2[C@H]1C. The molecule has 0 spiro atoms. The van der Waals surface area contributed by atoms with E-state index in [1.807, 2.05) is 0 Å². The molecule has 7 fully saturated rings. The summed E-state index contributed by atoms with van der Waals surface area (Å²) in [5.74, 6) is 0.365. The average Bonchev–Trinajstić information content (AvgIpc) is 3.25. The summed E-state index contributed by atoms with van der Waals surface area (Å²) in [6.07, 6.45) is -12.0. The van der Waals surface area contributed by atoms with Crippen LogP contribution in [0.15, 0.2) is 11.6 Å². The highest BCUT2D eigenvalue weighted by molar-refractivity contribution is 5.79. The molecule has 8 aliphatic rings. The molecule has 17 nitrogen and oxygen atoms in total. The maximum absolute atomic E-state index is 15.0. The number of hydrogen-bond acceptors (Lipinski definition) is 17. The van der Waals surface area contributed by atoms with Gasteiger partial charge in [0.05, 0.1) is 31.3 Å². The molecule has 0 aromatic carbocycles. The monoisotopic (exact) mass is 913 g/mol. The fourth-order valence-electron chi connectivity index (χ4n) is 15.0. The van der Waals surface area contributed by atoms with Crippen molar-refractivity contribution in [2.45, 2.75) is 198 Å². The molecular weight excluding hydrogens is 836 g/mol. The molecular formula is C47H76O17. The summed E-state index contributed by atoms with van der Waals surface area (Å²) in [5, 5.41) is 105. The molecule has 1 unspecified atom stereocenters. The molecule has 0 radical (unpaired) electrons. The summed E-state index contributed by atoms with van der Waals surface area (Å²) in [5.41, 5.74) is -0.342. The Morgan fingerprint density at radius 2 is 1.34 bits per heavy atom. The number of esters is 1. The number of fused-ring (bicyclic) bond motifs is 7. The third-order valence-corrected chi connectivity index (χ3v) is 19.3. The summed E-state index contributed by atoms with van der Waals surface area (Å²) < 4.78 is 35.5. The third kappa shape index (κ3) is 7.40.